The number of carbonyl (C=O) groups is 2. The van der Waals surface area contributed by atoms with Crippen LogP contribution in [0, 0.1) is 0 Å². The van der Waals surface area contributed by atoms with E-state index in [1.807, 2.05) is 6.92 Å². The Kier molecular flexibility index (Phi) is 11.1. The van der Waals surface area contributed by atoms with Gasteiger partial charge in [0, 0.05) is 23.1 Å². The highest BCUT2D eigenvalue weighted by Crippen LogP contribution is 2.31. The minimum absolute atomic E-state index is 0.00209. The van der Waals surface area contributed by atoms with E-state index in [4.69, 9.17) is 34.8 Å². The minimum atomic E-state index is -4.20. The van der Waals surface area contributed by atoms with Crippen LogP contribution < -0.4 is 9.62 Å². The molecule has 3 aromatic rings. The molecule has 0 aliphatic heterocycles. The lowest BCUT2D eigenvalue weighted by Crippen LogP contribution is -2.52. The molecule has 0 bridgehead atoms. The average Bonchev–Trinajstić information content (AvgIpc) is 2.92. The first-order valence-corrected chi connectivity index (χ1v) is 15.0. The van der Waals surface area contributed by atoms with Crippen molar-refractivity contribution in [1.82, 2.24) is 10.2 Å². The van der Waals surface area contributed by atoms with Crippen LogP contribution in [-0.4, -0.2) is 44.3 Å². The summed E-state index contributed by atoms with van der Waals surface area (Å²) in [4.78, 5) is 28.5. The topological polar surface area (TPSA) is 86.8 Å². The zero-order valence-corrected chi connectivity index (χ0v) is 24.7. The number of para-hydroxylation sites is 1. The van der Waals surface area contributed by atoms with E-state index in [0.29, 0.717) is 28.6 Å². The van der Waals surface area contributed by atoms with Crippen molar-refractivity contribution in [3.05, 3.63) is 93.4 Å². The number of rotatable bonds is 12. The van der Waals surface area contributed by atoms with Crippen LogP contribution in [0.2, 0.25) is 15.1 Å². The van der Waals surface area contributed by atoms with Gasteiger partial charge in [-0.2, -0.15) is 0 Å². The summed E-state index contributed by atoms with van der Waals surface area (Å²) in [6.07, 6.45) is 1.01. The van der Waals surface area contributed by atoms with Gasteiger partial charge >= 0.3 is 0 Å². The first-order chi connectivity index (χ1) is 18.6. The van der Waals surface area contributed by atoms with Crippen LogP contribution >= 0.6 is 34.8 Å². The van der Waals surface area contributed by atoms with Gasteiger partial charge in [-0.05, 0) is 54.8 Å². The predicted molar refractivity (Wildman–Crippen MR) is 157 cm³/mol. The Hall–Kier alpha value is -2.78. The van der Waals surface area contributed by atoms with E-state index in [-0.39, 0.29) is 28.1 Å². The van der Waals surface area contributed by atoms with Crippen molar-refractivity contribution in [1.29, 1.82) is 0 Å². The van der Waals surface area contributed by atoms with Crippen LogP contribution in [0.3, 0.4) is 0 Å². The van der Waals surface area contributed by atoms with Crippen LogP contribution in [0.4, 0.5) is 5.69 Å². The number of halogens is 3. The molecule has 0 heterocycles. The molecule has 11 heteroatoms. The molecule has 1 N–H and O–H groups in total. The second kappa shape index (κ2) is 14.0. The summed E-state index contributed by atoms with van der Waals surface area (Å²) in [6, 6.07) is 18.2. The molecular weight excluding hydrogens is 581 g/mol. The normalized spacial score (nSPS) is 12.0. The summed E-state index contributed by atoms with van der Waals surface area (Å²) >= 11 is 18.9. The highest BCUT2D eigenvalue weighted by molar-refractivity contribution is 7.92. The maximum atomic E-state index is 14.0. The van der Waals surface area contributed by atoms with Crippen molar-refractivity contribution < 1.29 is 18.0 Å². The maximum Gasteiger partial charge on any atom is 0.264 e. The molecule has 208 valence electrons. The van der Waals surface area contributed by atoms with E-state index in [1.165, 1.54) is 23.1 Å². The summed E-state index contributed by atoms with van der Waals surface area (Å²) in [5, 5.41) is 3.74. The van der Waals surface area contributed by atoms with Gasteiger partial charge in [-0.3, -0.25) is 13.9 Å². The number of hydrogen-bond acceptors (Lipinski definition) is 4. The van der Waals surface area contributed by atoms with Gasteiger partial charge in [0.2, 0.25) is 11.8 Å². The Morgan fingerprint density at radius 2 is 1.56 bits per heavy atom. The second-order valence-corrected chi connectivity index (χ2v) is 11.9. The van der Waals surface area contributed by atoms with Crippen molar-refractivity contribution in [3.63, 3.8) is 0 Å². The number of carbonyl (C=O) groups excluding carboxylic acids is 2. The largest absolute Gasteiger partial charge is 0.354 e. The SMILES string of the molecule is CCCNC(=O)[C@H](CC)N(Cc1ccc(Cl)cc1Cl)C(=O)CN(c1ccccc1Cl)S(=O)(=O)c1ccccc1. The van der Waals surface area contributed by atoms with Crippen molar-refractivity contribution in [2.75, 3.05) is 17.4 Å². The maximum absolute atomic E-state index is 14.0. The summed E-state index contributed by atoms with van der Waals surface area (Å²) < 4.78 is 28.6. The average molecular weight is 611 g/mol. The van der Waals surface area contributed by atoms with Gasteiger partial charge in [-0.1, -0.05) is 85.0 Å². The van der Waals surface area contributed by atoms with Crippen LogP contribution in [0.5, 0.6) is 0 Å². The number of benzene rings is 3. The molecule has 0 aliphatic rings. The molecule has 0 fully saturated rings. The Bertz CT molecular complexity index is 1400. The van der Waals surface area contributed by atoms with Crippen LogP contribution in [0.1, 0.15) is 32.3 Å². The molecule has 0 aromatic heterocycles. The molecular formula is C28H30Cl3N3O4S. The van der Waals surface area contributed by atoms with Gasteiger partial charge in [-0.25, -0.2) is 8.42 Å². The fourth-order valence-electron chi connectivity index (χ4n) is 4.01. The lowest BCUT2D eigenvalue weighted by molar-refractivity contribution is -0.140. The summed E-state index contributed by atoms with van der Waals surface area (Å²) in [5.74, 6) is -0.938. The highest BCUT2D eigenvalue weighted by atomic mass is 35.5. The Morgan fingerprint density at radius 1 is 0.897 bits per heavy atom. The minimum Gasteiger partial charge on any atom is -0.354 e. The smallest absolute Gasteiger partial charge is 0.264 e. The van der Waals surface area contributed by atoms with Gasteiger partial charge < -0.3 is 10.2 Å². The van der Waals surface area contributed by atoms with E-state index in [9.17, 15) is 18.0 Å². The van der Waals surface area contributed by atoms with Gasteiger partial charge in [0.15, 0.2) is 0 Å². The van der Waals surface area contributed by atoms with Crippen LogP contribution in [0.15, 0.2) is 77.7 Å². The lowest BCUT2D eigenvalue weighted by atomic mass is 10.1. The molecule has 3 aromatic carbocycles. The van der Waals surface area contributed by atoms with E-state index in [0.717, 1.165) is 10.7 Å². The van der Waals surface area contributed by atoms with E-state index >= 15 is 0 Å². The first-order valence-electron chi connectivity index (χ1n) is 12.4. The zero-order valence-electron chi connectivity index (χ0n) is 21.6. The Morgan fingerprint density at radius 3 is 2.18 bits per heavy atom. The molecule has 0 spiro atoms. The standard InChI is InChI=1S/C28H30Cl3N3O4S/c1-3-16-32-28(36)25(4-2)33(18-20-14-15-21(29)17-24(20)31)27(35)19-34(26-13-9-8-12-23(26)30)39(37,38)22-10-6-5-7-11-22/h5-15,17,25H,3-4,16,18-19H2,1-2H3,(H,32,36)/t25-/m0/s1. The van der Waals surface area contributed by atoms with Gasteiger partial charge in [-0.15, -0.1) is 0 Å². The second-order valence-electron chi connectivity index (χ2n) is 8.75. The van der Waals surface area contributed by atoms with E-state index in [1.54, 1.807) is 61.5 Å². The molecule has 0 radical (unpaired) electrons. The molecule has 2 amide bonds. The van der Waals surface area contributed by atoms with E-state index in [2.05, 4.69) is 5.32 Å². The third-order valence-electron chi connectivity index (χ3n) is 6.02. The highest BCUT2D eigenvalue weighted by Gasteiger charge is 2.34. The Labute approximate surface area is 244 Å². The van der Waals surface area contributed by atoms with Crippen molar-refractivity contribution in [2.45, 2.75) is 44.2 Å². The van der Waals surface area contributed by atoms with Gasteiger partial charge in [0.05, 0.1) is 15.6 Å². The summed E-state index contributed by atoms with van der Waals surface area (Å²) in [7, 11) is -4.20. The predicted octanol–water partition coefficient (Wildman–Crippen LogP) is 6.18. The number of sulfonamides is 1. The number of nitrogens with one attached hydrogen (secondary N) is 1. The summed E-state index contributed by atoms with van der Waals surface area (Å²) in [5.41, 5.74) is 0.704. The molecule has 0 saturated carbocycles. The van der Waals surface area contributed by atoms with E-state index < -0.39 is 28.5 Å². The molecule has 39 heavy (non-hydrogen) atoms. The van der Waals surface area contributed by atoms with Crippen molar-refractivity contribution in [2.24, 2.45) is 0 Å². The molecule has 1 atom stereocenters. The monoisotopic (exact) mass is 609 g/mol. The van der Waals surface area contributed by atoms with Crippen LogP contribution in [-0.2, 0) is 26.2 Å². The number of anilines is 1. The van der Waals surface area contributed by atoms with Crippen LogP contribution in [0.25, 0.3) is 0 Å². The van der Waals surface area contributed by atoms with Gasteiger partial charge in [0.1, 0.15) is 12.6 Å². The first kappa shape index (κ1) is 30.8. The fraction of sp³-hybridized carbons (Fsp3) is 0.286. The number of nitrogens with zero attached hydrogens (tertiary/aromatic N) is 2. The zero-order chi connectivity index (χ0) is 28.6. The third-order valence-corrected chi connectivity index (χ3v) is 8.70. The molecule has 3 rings (SSSR count). The molecule has 7 nitrogen and oxygen atoms in total. The Balaban J connectivity index is 2.07. The molecule has 0 unspecified atom stereocenters. The van der Waals surface area contributed by atoms with Crippen molar-refractivity contribution in [3.8, 4) is 0 Å². The fourth-order valence-corrected chi connectivity index (χ4v) is 6.22. The molecule has 0 saturated heterocycles. The molecule has 0 aliphatic carbocycles. The quantitative estimate of drug-likeness (QED) is 0.266. The van der Waals surface area contributed by atoms with Gasteiger partial charge in [0.25, 0.3) is 10.0 Å². The lowest BCUT2D eigenvalue weighted by Gasteiger charge is -2.33. The summed E-state index contributed by atoms with van der Waals surface area (Å²) in [6.45, 7) is 3.52. The number of hydrogen-bond donors (Lipinski definition) is 1. The van der Waals surface area contributed by atoms with Crippen molar-refractivity contribution >= 4 is 62.3 Å². The third kappa shape index (κ3) is 7.66. The number of amides is 2.